The van der Waals surface area contributed by atoms with Crippen LogP contribution in [0, 0.1) is 29.5 Å². The van der Waals surface area contributed by atoms with Gasteiger partial charge >= 0.3 is 0 Å². The molecule has 0 atom stereocenters. The molecule has 0 radical (unpaired) electrons. The standard InChI is InChI=1S/C78H48F2N6S/c1-82-76(75(59-18-10-4-11-19-59)60-20-12-5-13-21-60)61-28-24-52(25-29-61)54-32-40-65(41-33-54)85(64-38-30-53(31-39-64)51-22-26-56(27-23-51)70(50-81)74(57-14-6-2-7-15-57)58-16-8-3-9-17-58)73-47-44-67(77-78(73)84-87-83-77)55-34-42-66(43-35-55)86-71-45-36-62(79)48-68(71)69-49-63(80)37-46-72(69)86/h2-49H. The second-order valence-electron chi connectivity index (χ2n) is 21.0. The van der Waals surface area contributed by atoms with Crippen LogP contribution in [0.25, 0.3) is 99.2 Å². The molecule has 0 aliphatic carbocycles. The first kappa shape index (κ1) is 53.4. The molecular formula is C78H48F2N6S. The van der Waals surface area contributed by atoms with Gasteiger partial charge in [-0.25, -0.2) is 13.6 Å². The van der Waals surface area contributed by atoms with E-state index < -0.39 is 0 Å². The van der Waals surface area contributed by atoms with Crippen molar-refractivity contribution in [2.75, 3.05) is 4.90 Å². The summed E-state index contributed by atoms with van der Waals surface area (Å²) >= 11 is 1.16. The molecule has 14 aromatic rings. The molecule has 0 N–H and O–H groups in total. The Hall–Kier alpha value is -11.6. The third-order valence-corrected chi connectivity index (χ3v) is 16.5. The number of anilines is 3. The Morgan fingerprint density at radius 3 is 1.29 bits per heavy atom. The molecule has 12 aromatic carbocycles. The minimum atomic E-state index is -0.383. The first-order chi connectivity index (χ1) is 42.9. The number of aromatic nitrogens is 3. The van der Waals surface area contributed by atoms with Crippen molar-refractivity contribution in [3.63, 3.8) is 0 Å². The fourth-order valence-corrected chi connectivity index (χ4v) is 12.4. The molecular weight excluding hydrogens is 1090 g/mol. The van der Waals surface area contributed by atoms with Crippen molar-refractivity contribution in [2.45, 2.75) is 0 Å². The van der Waals surface area contributed by atoms with Gasteiger partial charge in [-0.15, -0.1) is 0 Å². The molecule has 0 aliphatic rings. The number of benzene rings is 12. The Kier molecular flexibility index (Phi) is 14.2. The lowest BCUT2D eigenvalue weighted by Crippen LogP contribution is -2.10. The molecule has 0 aliphatic heterocycles. The van der Waals surface area contributed by atoms with Crippen molar-refractivity contribution in [3.05, 3.63) is 348 Å². The zero-order valence-corrected chi connectivity index (χ0v) is 47.4. The van der Waals surface area contributed by atoms with E-state index in [0.717, 1.165) is 134 Å². The van der Waals surface area contributed by atoms with Crippen molar-refractivity contribution in [1.82, 2.24) is 13.3 Å². The van der Waals surface area contributed by atoms with Crippen molar-refractivity contribution in [1.29, 1.82) is 5.26 Å². The van der Waals surface area contributed by atoms with Crippen molar-refractivity contribution in [3.8, 4) is 45.1 Å². The van der Waals surface area contributed by atoms with E-state index in [1.165, 1.54) is 24.3 Å². The van der Waals surface area contributed by atoms with Gasteiger partial charge in [-0.3, -0.25) is 0 Å². The normalized spacial score (nSPS) is 11.1. The number of nitrogens with zero attached hydrogens (tertiary/aromatic N) is 6. The molecule has 410 valence electrons. The van der Waals surface area contributed by atoms with Crippen LogP contribution in [-0.4, -0.2) is 13.3 Å². The predicted molar refractivity (Wildman–Crippen MR) is 352 cm³/mol. The molecule has 2 heterocycles. The number of fused-ring (bicyclic) bond motifs is 4. The molecule has 0 fully saturated rings. The van der Waals surface area contributed by atoms with Gasteiger partial charge < -0.3 is 9.47 Å². The monoisotopic (exact) mass is 1140 g/mol. The third kappa shape index (κ3) is 10.2. The topological polar surface area (TPSA) is 62.1 Å². The third-order valence-electron chi connectivity index (χ3n) is 16.0. The van der Waals surface area contributed by atoms with Crippen molar-refractivity contribution >= 4 is 84.0 Å². The van der Waals surface area contributed by atoms with Crippen LogP contribution >= 0.6 is 11.7 Å². The van der Waals surface area contributed by atoms with Gasteiger partial charge in [0.15, 0.2) is 0 Å². The highest BCUT2D eigenvalue weighted by atomic mass is 32.1. The van der Waals surface area contributed by atoms with Crippen LogP contribution in [0.4, 0.5) is 25.8 Å². The van der Waals surface area contributed by atoms with Gasteiger partial charge in [0.2, 0.25) is 5.70 Å². The quantitative estimate of drug-likeness (QED) is 0.0656. The van der Waals surface area contributed by atoms with Crippen LogP contribution in [0.3, 0.4) is 0 Å². The van der Waals surface area contributed by atoms with E-state index in [1.807, 2.05) is 138 Å². The summed E-state index contributed by atoms with van der Waals surface area (Å²) in [6.45, 7) is 8.40. The summed E-state index contributed by atoms with van der Waals surface area (Å²) in [5.41, 5.74) is 20.9. The number of nitriles is 1. The van der Waals surface area contributed by atoms with Gasteiger partial charge in [-0.05, 0) is 152 Å². The fourth-order valence-electron chi connectivity index (χ4n) is 11.8. The fraction of sp³-hybridized carbons (Fsp3) is 0. The summed E-state index contributed by atoms with van der Waals surface area (Å²) in [5.74, 6) is -0.766. The van der Waals surface area contributed by atoms with Gasteiger partial charge in [0.05, 0.1) is 40.6 Å². The van der Waals surface area contributed by atoms with E-state index in [-0.39, 0.29) is 11.6 Å². The Labute approximate surface area is 506 Å². The average molecular weight is 1140 g/mol. The lowest BCUT2D eigenvalue weighted by molar-refractivity contribution is 0.628. The van der Waals surface area contributed by atoms with Gasteiger partial charge in [0, 0.05) is 39.0 Å². The second kappa shape index (κ2) is 23.2. The zero-order valence-electron chi connectivity index (χ0n) is 46.6. The van der Waals surface area contributed by atoms with E-state index >= 15 is 0 Å². The van der Waals surface area contributed by atoms with Gasteiger partial charge in [0.1, 0.15) is 28.7 Å². The molecule has 2 aromatic heterocycles. The molecule has 0 amide bonds. The molecule has 0 spiro atoms. The van der Waals surface area contributed by atoms with E-state index in [2.05, 4.69) is 137 Å². The van der Waals surface area contributed by atoms with Gasteiger partial charge in [-0.2, -0.15) is 14.0 Å². The van der Waals surface area contributed by atoms with Crippen LogP contribution in [-0.2, 0) is 0 Å². The largest absolute Gasteiger partial charge is 0.309 e. The molecule has 87 heavy (non-hydrogen) atoms. The number of allylic oxidation sites excluding steroid dienone is 1. The Morgan fingerprint density at radius 1 is 0.425 bits per heavy atom. The molecule has 14 rings (SSSR count). The van der Waals surface area contributed by atoms with Crippen LogP contribution in [0.2, 0.25) is 0 Å². The van der Waals surface area contributed by atoms with Crippen molar-refractivity contribution < 1.29 is 8.78 Å². The minimum Gasteiger partial charge on any atom is -0.309 e. The highest BCUT2D eigenvalue weighted by Gasteiger charge is 2.23. The first-order valence-electron chi connectivity index (χ1n) is 28.3. The SMILES string of the molecule is [C-]#[N+]C(=C(c1ccccc1)c1ccccc1)c1ccc(-c2ccc(N(c3ccc(-c4ccc(C(C#N)=C(c5ccccc5)c5ccccc5)cc4)cc3)c3ccc(-c4ccc(-n5c6ccc(F)cc6c6cc(F)ccc65)cc4)c4nsnc34)cc2)cc1. The van der Waals surface area contributed by atoms with Crippen LogP contribution in [0.1, 0.15) is 33.4 Å². The minimum absolute atomic E-state index is 0.383. The summed E-state index contributed by atoms with van der Waals surface area (Å²) in [7, 11) is 0. The number of rotatable bonds is 13. The molecule has 6 nitrogen and oxygen atoms in total. The van der Waals surface area contributed by atoms with Gasteiger partial charge in [-0.1, -0.05) is 206 Å². The van der Waals surface area contributed by atoms with E-state index in [9.17, 15) is 14.0 Å². The molecule has 0 saturated heterocycles. The summed E-state index contributed by atoms with van der Waals surface area (Å²) in [6, 6.07) is 97.8. The highest BCUT2D eigenvalue weighted by molar-refractivity contribution is 7.00. The number of hydrogen-bond donors (Lipinski definition) is 0. The Morgan fingerprint density at radius 2 is 0.839 bits per heavy atom. The maximum Gasteiger partial charge on any atom is 0.202 e. The highest BCUT2D eigenvalue weighted by Crippen LogP contribution is 2.44. The number of hydrogen-bond acceptors (Lipinski definition) is 5. The first-order valence-corrected chi connectivity index (χ1v) is 29.1. The van der Waals surface area contributed by atoms with E-state index in [1.54, 1.807) is 12.1 Å². The van der Waals surface area contributed by atoms with Crippen LogP contribution in [0.15, 0.2) is 291 Å². The van der Waals surface area contributed by atoms with E-state index in [0.29, 0.717) is 22.0 Å². The summed E-state index contributed by atoms with van der Waals surface area (Å²) < 4.78 is 41.1. The number of halogens is 2. The van der Waals surface area contributed by atoms with Crippen molar-refractivity contribution in [2.24, 2.45) is 0 Å². The Bertz CT molecular complexity index is 4670. The van der Waals surface area contributed by atoms with Crippen LogP contribution < -0.4 is 4.90 Å². The summed E-state index contributed by atoms with van der Waals surface area (Å²) in [4.78, 5) is 6.33. The second-order valence-corrected chi connectivity index (χ2v) is 21.6. The zero-order chi connectivity index (χ0) is 58.8. The van der Waals surface area contributed by atoms with Gasteiger partial charge in [0.25, 0.3) is 0 Å². The van der Waals surface area contributed by atoms with E-state index in [4.69, 9.17) is 15.3 Å². The molecule has 9 heteroatoms. The molecule has 0 saturated carbocycles. The maximum atomic E-state index is 14.6. The molecule has 0 unspecified atom stereocenters. The predicted octanol–water partition coefficient (Wildman–Crippen LogP) is 20.9. The summed E-state index contributed by atoms with van der Waals surface area (Å²) in [6.07, 6.45) is 0. The Balaban J connectivity index is 0.824. The average Bonchev–Trinajstić information content (AvgIpc) is 1.96. The summed E-state index contributed by atoms with van der Waals surface area (Å²) in [5, 5.41) is 12.0. The maximum absolute atomic E-state index is 14.6. The smallest absolute Gasteiger partial charge is 0.202 e. The lowest BCUT2D eigenvalue weighted by atomic mass is 9.89. The molecule has 0 bridgehead atoms. The van der Waals surface area contributed by atoms with Crippen LogP contribution in [0.5, 0.6) is 0 Å². The lowest BCUT2D eigenvalue weighted by Gasteiger charge is -2.26.